The van der Waals surface area contributed by atoms with E-state index in [4.69, 9.17) is 15.7 Å². The van der Waals surface area contributed by atoms with E-state index < -0.39 is 0 Å². The fraction of sp³-hybridized carbons (Fsp3) is 0.500. The van der Waals surface area contributed by atoms with Gasteiger partial charge in [-0.05, 0) is 38.1 Å². The van der Waals surface area contributed by atoms with Gasteiger partial charge in [0.05, 0.1) is 12.7 Å². The molecule has 19 heavy (non-hydrogen) atoms. The minimum Gasteiger partial charge on any atom is -0.496 e. The van der Waals surface area contributed by atoms with Crippen LogP contribution in [0.2, 0.25) is 0 Å². The molecule has 1 aromatic rings. The molecule has 1 rings (SSSR count). The lowest BCUT2D eigenvalue weighted by Crippen LogP contribution is -2.28. The second-order valence-corrected chi connectivity index (χ2v) is 4.69. The van der Waals surface area contributed by atoms with Gasteiger partial charge in [0.2, 0.25) is 0 Å². The Morgan fingerprint density at radius 2 is 2.21 bits per heavy atom. The molecule has 0 aromatic heterocycles. The topological polar surface area (TPSA) is 71.1 Å². The van der Waals surface area contributed by atoms with Crippen molar-refractivity contribution in [3.8, 4) is 5.75 Å². The van der Waals surface area contributed by atoms with E-state index in [0.29, 0.717) is 17.4 Å². The summed E-state index contributed by atoms with van der Waals surface area (Å²) in [6.07, 6.45) is 1.10. The van der Waals surface area contributed by atoms with Gasteiger partial charge in [0.1, 0.15) is 5.75 Å². The molecule has 1 atom stereocenters. The van der Waals surface area contributed by atoms with Gasteiger partial charge in [-0.25, -0.2) is 0 Å². The van der Waals surface area contributed by atoms with Crippen LogP contribution in [0.3, 0.4) is 0 Å². The van der Waals surface area contributed by atoms with Crippen LogP contribution in [-0.4, -0.2) is 36.1 Å². The molecule has 5 heteroatoms. The predicted molar refractivity (Wildman–Crippen MR) is 76.7 cm³/mol. The van der Waals surface area contributed by atoms with Crippen LogP contribution in [0.4, 0.5) is 0 Å². The van der Waals surface area contributed by atoms with Crippen molar-refractivity contribution in [3.63, 3.8) is 0 Å². The lowest BCUT2D eigenvalue weighted by Gasteiger charge is -2.23. The molecule has 0 saturated heterocycles. The Balaban J connectivity index is 2.99. The second kappa shape index (κ2) is 6.99. The number of hydrogen-bond acceptors (Lipinski definition) is 4. The highest BCUT2D eigenvalue weighted by Gasteiger charge is 2.12. The standard InChI is InChI=1S/C14H23N3O2/c1-5-10(2)17(3)9-11-6-7-13(19-4)12(8-11)14(15)16-18/h6-8,10,18H,5,9H2,1-4H3,(H2,15,16). The molecule has 0 radical (unpaired) electrons. The first-order valence-electron chi connectivity index (χ1n) is 6.38. The zero-order chi connectivity index (χ0) is 14.4. The van der Waals surface area contributed by atoms with Crippen molar-refractivity contribution >= 4 is 5.84 Å². The van der Waals surface area contributed by atoms with Gasteiger partial charge < -0.3 is 15.7 Å². The summed E-state index contributed by atoms with van der Waals surface area (Å²) in [5.41, 5.74) is 7.38. The number of rotatable bonds is 6. The van der Waals surface area contributed by atoms with Gasteiger partial charge in [-0.2, -0.15) is 0 Å². The molecule has 0 saturated carbocycles. The van der Waals surface area contributed by atoms with E-state index in [1.807, 2.05) is 18.2 Å². The van der Waals surface area contributed by atoms with Crippen LogP contribution in [0.15, 0.2) is 23.4 Å². The first-order chi connectivity index (χ1) is 9.03. The number of ether oxygens (including phenoxy) is 1. The molecule has 1 unspecified atom stereocenters. The maximum atomic E-state index is 8.80. The molecule has 3 N–H and O–H groups in total. The molecular formula is C14H23N3O2. The molecule has 0 bridgehead atoms. The van der Waals surface area contributed by atoms with E-state index >= 15 is 0 Å². The monoisotopic (exact) mass is 265 g/mol. The van der Waals surface area contributed by atoms with Gasteiger partial charge in [-0.1, -0.05) is 18.1 Å². The molecule has 0 aliphatic carbocycles. The smallest absolute Gasteiger partial charge is 0.173 e. The minimum atomic E-state index is 0.0601. The van der Waals surface area contributed by atoms with E-state index in [-0.39, 0.29) is 5.84 Å². The van der Waals surface area contributed by atoms with Crippen molar-refractivity contribution in [1.29, 1.82) is 0 Å². The Morgan fingerprint density at radius 1 is 1.53 bits per heavy atom. The third-order valence-electron chi connectivity index (χ3n) is 3.42. The van der Waals surface area contributed by atoms with E-state index in [1.165, 1.54) is 0 Å². The summed E-state index contributed by atoms with van der Waals surface area (Å²) >= 11 is 0. The van der Waals surface area contributed by atoms with Gasteiger partial charge in [-0.3, -0.25) is 4.90 Å². The molecule has 0 aliphatic heterocycles. The molecule has 0 fully saturated rings. The van der Waals surface area contributed by atoms with E-state index in [9.17, 15) is 0 Å². The normalized spacial score (nSPS) is 13.6. The van der Waals surface area contributed by atoms with Crippen LogP contribution in [0, 0.1) is 0 Å². The fourth-order valence-corrected chi connectivity index (χ4v) is 1.86. The molecule has 106 valence electrons. The zero-order valence-electron chi connectivity index (χ0n) is 12.1. The highest BCUT2D eigenvalue weighted by Crippen LogP contribution is 2.21. The number of oxime groups is 1. The summed E-state index contributed by atoms with van der Waals surface area (Å²) < 4.78 is 5.21. The second-order valence-electron chi connectivity index (χ2n) is 4.69. The summed E-state index contributed by atoms with van der Waals surface area (Å²) in [6.45, 7) is 5.16. The summed E-state index contributed by atoms with van der Waals surface area (Å²) in [6, 6.07) is 6.24. The highest BCUT2D eigenvalue weighted by molar-refractivity contribution is 5.99. The number of methoxy groups -OCH3 is 1. The first-order valence-corrected chi connectivity index (χ1v) is 6.38. The van der Waals surface area contributed by atoms with Gasteiger partial charge in [0, 0.05) is 12.6 Å². The predicted octanol–water partition coefficient (Wildman–Crippen LogP) is 2.02. The van der Waals surface area contributed by atoms with Crippen LogP contribution in [0.25, 0.3) is 0 Å². The molecule has 0 spiro atoms. The quantitative estimate of drug-likeness (QED) is 0.357. The maximum Gasteiger partial charge on any atom is 0.173 e. The lowest BCUT2D eigenvalue weighted by molar-refractivity contribution is 0.244. The maximum absolute atomic E-state index is 8.80. The number of amidine groups is 1. The number of nitrogens with two attached hydrogens (primary N) is 1. The summed E-state index contributed by atoms with van der Waals surface area (Å²) in [4.78, 5) is 2.26. The minimum absolute atomic E-state index is 0.0601. The Kier molecular flexibility index (Phi) is 5.63. The SMILES string of the molecule is CCC(C)N(C)Cc1ccc(OC)c(C(N)=NO)c1. The zero-order valence-corrected chi connectivity index (χ0v) is 12.1. The molecular weight excluding hydrogens is 242 g/mol. The van der Waals surface area contributed by atoms with Gasteiger partial charge in [0.25, 0.3) is 0 Å². The van der Waals surface area contributed by atoms with Crippen LogP contribution < -0.4 is 10.5 Å². The van der Waals surface area contributed by atoms with Crippen LogP contribution in [0.1, 0.15) is 31.4 Å². The van der Waals surface area contributed by atoms with Crippen molar-refractivity contribution in [3.05, 3.63) is 29.3 Å². The lowest BCUT2D eigenvalue weighted by atomic mass is 10.1. The molecule has 0 heterocycles. The number of nitrogens with zero attached hydrogens (tertiary/aromatic N) is 2. The van der Waals surface area contributed by atoms with E-state index in [2.05, 4.69) is 31.0 Å². The molecule has 1 aromatic carbocycles. The van der Waals surface area contributed by atoms with Crippen LogP contribution in [-0.2, 0) is 6.54 Å². The first kappa shape index (κ1) is 15.3. The number of benzene rings is 1. The van der Waals surface area contributed by atoms with E-state index in [0.717, 1.165) is 18.5 Å². The van der Waals surface area contributed by atoms with E-state index in [1.54, 1.807) is 7.11 Å². The van der Waals surface area contributed by atoms with Crippen molar-refractivity contribution in [2.75, 3.05) is 14.2 Å². The molecule has 5 nitrogen and oxygen atoms in total. The van der Waals surface area contributed by atoms with Crippen molar-refractivity contribution in [2.24, 2.45) is 10.9 Å². The highest BCUT2D eigenvalue weighted by atomic mass is 16.5. The van der Waals surface area contributed by atoms with Gasteiger partial charge >= 0.3 is 0 Å². The van der Waals surface area contributed by atoms with Crippen LogP contribution >= 0.6 is 0 Å². The summed E-state index contributed by atoms with van der Waals surface area (Å²) in [5.74, 6) is 0.662. The summed E-state index contributed by atoms with van der Waals surface area (Å²) in [5, 5.41) is 11.8. The average Bonchev–Trinajstić information content (AvgIpc) is 2.45. The fourth-order valence-electron chi connectivity index (χ4n) is 1.86. The third-order valence-corrected chi connectivity index (χ3v) is 3.42. The largest absolute Gasteiger partial charge is 0.496 e. The summed E-state index contributed by atoms with van der Waals surface area (Å²) in [7, 11) is 3.65. The van der Waals surface area contributed by atoms with Gasteiger partial charge in [-0.15, -0.1) is 0 Å². The average molecular weight is 265 g/mol. The Bertz CT molecular complexity index is 446. The van der Waals surface area contributed by atoms with Crippen molar-refractivity contribution in [1.82, 2.24) is 4.90 Å². The Morgan fingerprint density at radius 3 is 2.74 bits per heavy atom. The van der Waals surface area contributed by atoms with Gasteiger partial charge in [0.15, 0.2) is 5.84 Å². The molecule has 0 amide bonds. The number of hydrogen-bond donors (Lipinski definition) is 2. The molecule has 0 aliphatic rings. The Hall–Kier alpha value is -1.75. The van der Waals surface area contributed by atoms with Crippen LogP contribution in [0.5, 0.6) is 5.75 Å². The van der Waals surface area contributed by atoms with Crippen molar-refractivity contribution in [2.45, 2.75) is 32.9 Å². The third kappa shape index (κ3) is 3.86. The van der Waals surface area contributed by atoms with Crippen molar-refractivity contribution < 1.29 is 9.94 Å². The Labute approximate surface area is 114 Å².